The van der Waals surface area contributed by atoms with Crippen LogP contribution in [0.4, 0.5) is 5.69 Å². The van der Waals surface area contributed by atoms with E-state index < -0.39 is 16.8 Å². The molecular formula is C22H34NO4-. The second-order valence-corrected chi connectivity index (χ2v) is 7.40. The van der Waals surface area contributed by atoms with Gasteiger partial charge in [-0.1, -0.05) is 96.1 Å². The van der Waals surface area contributed by atoms with E-state index in [0.29, 0.717) is 12.0 Å². The fourth-order valence-corrected chi connectivity index (χ4v) is 3.44. The zero-order chi connectivity index (χ0) is 19.9. The molecule has 1 atom stereocenters. The van der Waals surface area contributed by atoms with E-state index in [2.05, 4.69) is 6.92 Å². The zero-order valence-corrected chi connectivity index (χ0v) is 16.7. The number of hydrogen-bond donors (Lipinski definition) is 0. The molecule has 1 unspecified atom stereocenters. The summed E-state index contributed by atoms with van der Waals surface area (Å²) in [6.07, 6.45) is 15.4. The third kappa shape index (κ3) is 10.1. The number of carbonyl (C=O) groups excluding carboxylic acids is 1. The number of unbranched alkanes of at least 4 members (excludes halogenated alkanes) is 11. The van der Waals surface area contributed by atoms with Crippen LogP contribution in [-0.2, 0) is 4.79 Å². The molecule has 1 aromatic rings. The number of carboxylic acids is 1. The third-order valence-electron chi connectivity index (χ3n) is 5.14. The van der Waals surface area contributed by atoms with Crippen LogP contribution in [0.2, 0.25) is 0 Å². The Morgan fingerprint density at radius 2 is 1.30 bits per heavy atom. The lowest BCUT2D eigenvalue weighted by Gasteiger charge is -2.18. The lowest BCUT2D eigenvalue weighted by atomic mass is 9.92. The highest BCUT2D eigenvalue weighted by Gasteiger charge is 2.14. The summed E-state index contributed by atoms with van der Waals surface area (Å²) in [4.78, 5) is 21.6. The second kappa shape index (κ2) is 14.2. The maximum absolute atomic E-state index is 11.4. The zero-order valence-electron chi connectivity index (χ0n) is 16.7. The SMILES string of the molecule is CCCCCCCCCCCCCCC(C(=O)[O-])c1ccc([N+](=O)[O-])cc1. The highest BCUT2D eigenvalue weighted by molar-refractivity contribution is 5.74. The van der Waals surface area contributed by atoms with Crippen LogP contribution < -0.4 is 5.11 Å². The molecule has 0 aliphatic carbocycles. The van der Waals surface area contributed by atoms with E-state index in [-0.39, 0.29) is 5.69 Å². The van der Waals surface area contributed by atoms with Gasteiger partial charge in [0.05, 0.1) is 4.92 Å². The Labute approximate surface area is 163 Å². The first-order valence-corrected chi connectivity index (χ1v) is 10.5. The van der Waals surface area contributed by atoms with E-state index in [1.807, 2.05) is 0 Å². The lowest BCUT2D eigenvalue weighted by molar-refractivity contribution is -0.384. The van der Waals surface area contributed by atoms with Gasteiger partial charge >= 0.3 is 0 Å². The van der Waals surface area contributed by atoms with E-state index in [9.17, 15) is 20.0 Å². The highest BCUT2D eigenvalue weighted by atomic mass is 16.6. The van der Waals surface area contributed by atoms with Gasteiger partial charge in [-0.2, -0.15) is 0 Å². The van der Waals surface area contributed by atoms with Crippen molar-refractivity contribution in [3.63, 3.8) is 0 Å². The van der Waals surface area contributed by atoms with Gasteiger partial charge < -0.3 is 9.90 Å². The molecule has 152 valence electrons. The van der Waals surface area contributed by atoms with Crippen molar-refractivity contribution in [3.8, 4) is 0 Å². The summed E-state index contributed by atoms with van der Waals surface area (Å²) in [5.74, 6) is -1.79. The lowest BCUT2D eigenvalue weighted by Crippen LogP contribution is -2.29. The number of benzene rings is 1. The summed E-state index contributed by atoms with van der Waals surface area (Å²) in [6, 6.07) is 5.76. The maximum atomic E-state index is 11.4. The van der Waals surface area contributed by atoms with E-state index in [1.54, 1.807) is 0 Å². The van der Waals surface area contributed by atoms with Crippen LogP contribution in [0.1, 0.15) is 102 Å². The molecule has 0 fully saturated rings. The summed E-state index contributed by atoms with van der Waals surface area (Å²) in [6.45, 7) is 2.24. The molecule has 1 aromatic carbocycles. The summed E-state index contributed by atoms with van der Waals surface area (Å²) in [5.41, 5.74) is 0.560. The molecule has 0 aliphatic heterocycles. The number of non-ortho nitro benzene ring substituents is 1. The molecule has 5 nitrogen and oxygen atoms in total. The minimum absolute atomic E-state index is 0.0267. The van der Waals surface area contributed by atoms with Crippen molar-refractivity contribution in [3.05, 3.63) is 39.9 Å². The standard InChI is InChI=1S/C22H35NO4/c1-2-3-4-5-6-7-8-9-10-11-12-13-14-21(22(24)25)19-15-17-20(18-16-19)23(26)27/h15-18,21H,2-14H2,1H3,(H,24,25)/p-1. The Kier molecular flexibility index (Phi) is 12.2. The molecule has 0 saturated heterocycles. The molecule has 5 heteroatoms. The first-order valence-electron chi connectivity index (χ1n) is 10.5. The number of carboxylic acid groups (broad SMARTS) is 1. The first-order chi connectivity index (χ1) is 13.1. The van der Waals surface area contributed by atoms with Crippen LogP contribution >= 0.6 is 0 Å². The van der Waals surface area contributed by atoms with E-state index >= 15 is 0 Å². The number of carbonyl (C=O) groups is 1. The van der Waals surface area contributed by atoms with Gasteiger partial charge in [0, 0.05) is 24.0 Å². The number of aliphatic carboxylic acids is 1. The topological polar surface area (TPSA) is 83.3 Å². The smallest absolute Gasteiger partial charge is 0.269 e. The fourth-order valence-electron chi connectivity index (χ4n) is 3.44. The normalized spacial score (nSPS) is 12.0. The Morgan fingerprint density at radius 3 is 1.70 bits per heavy atom. The van der Waals surface area contributed by atoms with Crippen LogP contribution in [-0.4, -0.2) is 10.9 Å². The third-order valence-corrected chi connectivity index (χ3v) is 5.14. The molecule has 0 spiro atoms. The molecule has 1 rings (SSSR count). The van der Waals surface area contributed by atoms with Crippen LogP contribution in [0.15, 0.2) is 24.3 Å². The number of nitro groups is 1. The minimum atomic E-state index is -1.10. The molecule has 0 aliphatic rings. The maximum Gasteiger partial charge on any atom is 0.269 e. The molecule has 0 aromatic heterocycles. The van der Waals surface area contributed by atoms with Crippen LogP contribution in [0.3, 0.4) is 0 Å². The molecule has 0 heterocycles. The van der Waals surface area contributed by atoms with Gasteiger partial charge in [0.1, 0.15) is 0 Å². The predicted molar refractivity (Wildman–Crippen MR) is 107 cm³/mol. The number of rotatable bonds is 16. The average Bonchev–Trinajstić information content (AvgIpc) is 2.65. The van der Waals surface area contributed by atoms with E-state index in [4.69, 9.17) is 0 Å². The molecular weight excluding hydrogens is 342 g/mol. The monoisotopic (exact) mass is 376 g/mol. The molecule has 0 amide bonds. The molecule has 27 heavy (non-hydrogen) atoms. The van der Waals surface area contributed by atoms with Gasteiger partial charge in [-0.15, -0.1) is 0 Å². The molecule has 0 N–H and O–H groups in total. The van der Waals surface area contributed by atoms with E-state index in [0.717, 1.165) is 19.3 Å². The molecule has 0 bridgehead atoms. The van der Waals surface area contributed by atoms with Crippen LogP contribution in [0.5, 0.6) is 0 Å². The van der Waals surface area contributed by atoms with Gasteiger partial charge in [0.15, 0.2) is 0 Å². The highest BCUT2D eigenvalue weighted by Crippen LogP contribution is 2.24. The van der Waals surface area contributed by atoms with Gasteiger partial charge in [-0.3, -0.25) is 10.1 Å². The Bertz CT molecular complexity index is 542. The van der Waals surface area contributed by atoms with Gasteiger partial charge in [-0.25, -0.2) is 0 Å². The van der Waals surface area contributed by atoms with Crippen molar-refractivity contribution in [2.75, 3.05) is 0 Å². The summed E-state index contributed by atoms with van der Waals surface area (Å²) < 4.78 is 0. The van der Waals surface area contributed by atoms with Gasteiger partial charge in [0.25, 0.3) is 5.69 Å². The predicted octanol–water partition coefficient (Wildman–Crippen LogP) is 5.52. The quantitative estimate of drug-likeness (QED) is 0.216. The largest absolute Gasteiger partial charge is 0.549 e. The van der Waals surface area contributed by atoms with Gasteiger partial charge in [-0.05, 0) is 12.0 Å². The van der Waals surface area contributed by atoms with Crippen LogP contribution in [0, 0.1) is 10.1 Å². The number of nitro benzene ring substituents is 1. The Hall–Kier alpha value is -1.91. The fraction of sp³-hybridized carbons (Fsp3) is 0.682. The number of hydrogen-bond acceptors (Lipinski definition) is 4. The van der Waals surface area contributed by atoms with Crippen molar-refractivity contribution >= 4 is 11.7 Å². The van der Waals surface area contributed by atoms with Crippen molar-refractivity contribution in [2.24, 2.45) is 0 Å². The summed E-state index contributed by atoms with van der Waals surface area (Å²) in [5, 5.41) is 22.1. The van der Waals surface area contributed by atoms with Crippen molar-refractivity contribution in [1.29, 1.82) is 0 Å². The first kappa shape index (κ1) is 23.1. The average molecular weight is 377 g/mol. The Balaban J connectivity index is 2.15. The number of nitrogens with zero attached hydrogens (tertiary/aromatic N) is 1. The minimum Gasteiger partial charge on any atom is -0.549 e. The molecule has 0 radical (unpaired) electrons. The van der Waals surface area contributed by atoms with Crippen molar-refractivity contribution in [2.45, 2.75) is 96.3 Å². The van der Waals surface area contributed by atoms with Gasteiger partial charge in [0.2, 0.25) is 0 Å². The van der Waals surface area contributed by atoms with E-state index in [1.165, 1.54) is 82.1 Å². The molecule has 0 saturated carbocycles. The summed E-state index contributed by atoms with van der Waals surface area (Å²) in [7, 11) is 0. The van der Waals surface area contributed by atoms with Crippen molar-refractivity contribution in [1.82, 2.24) is 0 Å². The Morgan fingerprint density at radius 1 is 0.852 bits per heavy atom. The second-order valence-electron chi connectivity index (χ2n) is 7.40. The van der Waals surface area contributed by atoms with Crippen molar-refractivity contribution < 1.29 is 14.8 Å². The summed E-state index contributed by atoms with van der Waals surface area (Å²) >= 11 is 0. The van der Waals surface area contributed by atoms with Crippen LogP contribution in [0.25, 0.3) is 0 Å².